The average molecular weight is 1700 g/mol. The predicted octanol–water partition coefficient (Wildman–Crippen LogP) is 34.3. The van der Waals surface area contributed by atoms with Crippen LogP contribution in [0.25, 0.3) is 77.9 Å². The van der Waals surface area contributed by atoms with Gasteiger partial charge in [0, 0.05) is 45.0 Å². The third kappa shape index (κ3) is 18.7. The second-order valence-electron chi connectivity index (χ2n) is 50.0. The zero-order chi connectivity index (χ0) is 109. The van der Waals surface area contributed by atoms with Crippen LogP contribution in [0.2, 0.25) is 0 Å². The monoisotopic (exact) mass is 1700 g/mol. The van der Waals surface area contributed by atoms with Gasteiger partial charge in [-0.1, -0.05) is 440 Å². The summed E-state index contributed by atoms with van der Waals surface area (Å²) in [6, 6.07) is 32.7. The van der Waals surface area contributed by atoms with E-state index in [-0.39, 0.29) is 185 Å². The van der Waals surface area contributed by atoms with Crippen LogP contribution in [0.1, 0.15) is 367 Å². The highest BCUT2D eigenvalue weighted by Gasteiger charge is 2.47. The minimum Gasteiger partial charge on any atom is -0.310 e. The van der Waals surface area contributed by atoms with Crippen molar-refractivity contribution in [3.8, 4) is 77.9 Å². The Bertz CT molecular complexity index is 7250. The van der Waals surface area contributed by atoms with E-state index in [0.717, 1.165) is 44.5 Å². The number of hydrogen-bond donors (Lipinski definition) is 0. The molecule has 0 spiro atoms. The largest absolute Gasteiger partial charge is 0.310 e. The topological polar surface area (TPSA) is 6.48 Å². The molecule has 2 nitrogen and oxygen atoms in total. The molecule has 0 unspecified atom stereocenters. The van der Waals surface area contributed by atoms with Gasteiger partial charge in [-0.15, -0.1) is 0 Å². The van der Waals surface area contributed by atoms with Gasteiger partial charge in [0.2, 0.25) is 0 Å². The van der Waals surface area contributed by atoms with Crippen molar-refractivity contribution >= 4 is 57.2 Å². The van der Waals surface area contributed by atoms with E-state index >= 15 is 0 Å². The number of benzene rings is 12. The van der Waals surface area contributed by atoms with Gasteiger partial charge in [0.25, 0.3) is 6.71 Å². The normalized spacial score (nSPS) is 16.0. The summed E-state index contributed by atoms with van der Waals surface area (Å²) in [7, 11) is 0. The lowest BCUT2D eigenvalue weighted by atomic mass is 9.33. The zero-order valence-corrected chi connectivity index (χ0v) is 84.4. The van der Waals surface area contributed by atoms with E-state index < -0.39 is 101 Å². The molecule has 12 aromatic carbocycles. The molecular weight excluding hydrogens is 1530 g/mol. The molecule has 0 fully saturated rings. The average Bonchev–Trinajstić information content (AvgIpc) is 0.673. The molecule has 2 aliphatic heterocycles. The van der Waals surface area contributed by atoms with Crippen molar-refractivity contribution in [2.45, 2.75) is 340 Å². The molecule has 2 aliphatic rings. The van der Waals surface area contributed by atoms with Crippen molar-refractivity contribution < 1.29 is 24.7 Å². The molecule has 662 valence electrons. The van der Waals surface area contributed by atoms with Crippen LogP contribution in [0.4, 0.5) is 34.1 Å². The molecule has 12 aromatic rings. The Morgan fingerprint density at radius 1 is 0.197 bits per heavy atom. The maximum Gasteiger partial charge on any atom is 0.252 e. The second kappa shape index (κ2) is 31.6. The van der Waals surface area contributed by atoms with Gasteiger partial charge in [0.1, 0.15) is 0 Å². The van der Waals surface area contributed by atoms with Gasteiger partial charge in [-0.05, 0) is 263 Å². The lowest BCUT2D eigenvalue weighted by Crippen LogP contribution is -2.61. The Hall–Kier alpha value is -9.70. The fourth-order valence-electron chi connectivity index (χ4n) is 17.0. The van der Waals surface area contributed by atoms with Crippen LogP contribution in [-0.2, 0) is 70.4 Å². The Morgan fingerprint density at radius 3 is 0.835 bits per heavy atom. The third-order valence-corrected chi connectivity index (χ3v) is 25.3. The van der Waals surface area contributed by atoms with Crippen LogP contribution < -0.4 is 26.2 Å². The van der Waals surface area contributed by atoms with Crippen LogP contribution in [0, 0.1) is 0 Å². The molecule has 0 bridgehead atoms. The number of rotatable bonds is 9. The Balaban J connectivity index is 1.43. The molecule has 0 N–H and O–H groups in total. The first kappa shape index (κ1) is 72.1. The molecular formula is C124H153BN2. The maximum atomic E-state index is 11.9. The minimum absolute atomic E-state index is 0.000752. The Kier molecular flexibility index (Phi) is 17.9. The molecule has 0 saturated heterocycles. The van der Waals surface area contributed by atoms with Crippen molar-refractivity contribution in [3.05, 3.63) is 290 Å². The van der Waals surface area contributed by atoms with Gasteiger partial charge in [0.15, 0.2) is 0 Å². The van der Waals surface area contributed by atoms with Crippen molar-refractivity contribution in [2.75, 3.05) is 9.80 Å². The van der Waals surface area contributed by atoms with E-state index in [1.165, 1.54) is 0 Å². The fourth-order valence-corrected chi connectivity index (χ4v) is 17.0. The SMILES string of the molecule is [2H]c1c([2H])c(C(C)(C)C)c([2H])c([2H])c1-c1c([2H])c(C(C)(C)C)c([2H])c(-c2c([2H])c(C(C)(C)C)c([2H])c(C(C)(C)C)c2[2H])c1N1c2cc(-c3cc(C(C)(C)C)cc(C(C)(C)C)c3)ccc2B2c3ccc(-c4cc(C(C)(C)C)cc(C(C)(C)C)c4)cc3N(c3c(-c4c([2H])c([2H])c(C(C)(C)C)c([2H])c4[2H])c([2H])c(C(C)(C)C)c([2H])c3-c3c([2H])c([2H])c(C(C)(C)C)c([2H])c3C(C)(C)C)c3cc(-c4cccc(C(C)(C)C)c4)cc1c32. The summed E-state index contributed by atoms with van der Waals surface area (Å²) in [6.07, 6.45) is 0. The van der Waals surface area contributed by atoms with E-state index in [0.29, 0.717) is 55.8 Å². The molecule has 0 saturated carbocycles. The fraction of sp³-hybridized carbons (Fsp3) is 0.419. The van der Waals surface area contributed by atoms with Crippen molar-refractivity contribution in [2.24, 2.45) is 0 Å². The van der Waals surface area contributed by atoms with Gasteiger partial charge in [-0.25, -0.2) is 0 Å². The number of hydrogen-bond acceptors (Lipinski definition) is 2. The first-order valence-electron chi connectivity index (χ1n) is 55.1. The lowest BCUT2D eigenvalue weighted by molar-refractivity contribution is 0.568. The third-order valence-electron chi connectivity index (χ3n) is 25.3. The Labute approximate surface area is 796 Å². The summed E-state index contributed by atoms with van der Waals surface area (Å²) in [6.45, 7) is 77.2. The van der Waals surface area contributed by atoms with Crippen LogP contribution in [0.15, 0.2) is 218 Å². The van der Waals surface area contributed by atoms with Crippen molar-refractivity contribution in [1.82, 2.24) is 0 Å². The highest BCUT2D eigenvalue weighted by Crippen LogP contribution is 2.58. The summed E-state index contributed by atoms with van der Waals surface area (Å²) < 4.78 is 199. The van der Waals surface area contributed by atoms with Crippen molar-refractivity contribution in [3.63, 3.8) is 0 Å². The predicted molar refractivity (Wildman–Crippen MR) is 562 cm³/mol. The quantitative estimate of drug-likeness (QED) is 0.133. The van der Waals surface area contributed by atoms with Gasteiger partial charge in [-0.3, -0.25) is 0 Å². The zero-order valence-electron chi connectivity index (χ0n) is 102. The number of fused-ring (bicyclic) bond motifs is 4. The summed E-state index contributed by atoms with van der Waals surface area (Å²) in [4.78, 5) is 4.01. The molecule has 2 heterocycles. The Morgan fingerprint density at radius 2 is 0.488 bits per heavy atom. The van der Waals surface area contributed by atoms with Crippen molar-refractivity contribution in [1.29, 1.82) is 0 Å². The van der Waals surface area contributed by atoms with Crippen LogP contribution in [-0.4, -0.2) is 6.71 Å². The van der Waals surface area contributed by atoms with Gasteiger partial charge in [0.05, 0.1) is 36.0 Å². The lowest BCUT2D eigenvalue weighted by Gasteiger charge is -2.46. The van der Waals surface area contributed by atoms with Crippen LogP contribution >= 0.6 is 0 Å². The first-order chi connectivity index (χ1) is 65.7. The molecule has 3 heteroatoms. The second-order valence-corrected chi connectivity index (χ2v) is 50.0. The molecule has 0 aliphatic carbocycles. The van der Waals surface area contributed by atoms with E-state index in [1.54, 1.807) is 0 Å². The minimum atomic E-state index is -1.21. The van der Waals surface area contributed by atoms with E-state index in [9.17, 15) is 24.7 Å². The maximum absolute atomic E-state index is 11.9. The molecule has 127 heavy (non-hydrogen) atoms. The first-order valence-corrected chi connectivity index (χ1v) is 46.1. The molecule has 0 amide bonds. The van der Waals surface area contributed by atoms with E-state index in [1.807, 2.05) is 188 Å². The van der Waals surface area contributed by atoms with E-state index in [4.69, 9.17) is 0 Å². The van der Waals surface area contributed by atoms with E-state index in [2.05, 4.69) is 201 Å². The number of nitrogens with zero attached hydrogens (tertiary/aromatic N) is 2. The van der Waals surface area contributed by atoms with Gasteiger partial charge >= 0.3 is 0 Å². The molecule has 0 radical (unpaired) electrons. The standard InChI is InChI=1S/C124H153BN2/c1-112(2,3)85-49-43-76(44-50-85)98-71-95(122(31,32)33)73-100(84-62-93(120(25,26)27)70-94(63-84)121(28,29)30)110(98)126-105-64-79(81-58-89(116(13,14)15)68-90(59-81)117(16,17)18)47-55-103(105)125-104-56-48-80(82-60-91(118(19,20)21)69-92(61-82)119(22,23)24)65-106(104)127(108-67-83(66-107(126)109(108)125)78-41-40-42-87(57-78)114(7,8)9)111-99(77-45-51-86(52-46-77)113(4,5)6)72-96(123(34,35)36)74-101(111)97-54-53-88(115(10,11)12)75-102(97)124(37,38)39/h40-75H,1-39H3/i43D,44D,45D,46D,49D,50D,51D,52D,53D,54D,62D,63D,70D,71D,72D,73D,74D,75D. The van der Waals surface area contributed by atoms with Gasteiger partial charge in [-0.2, -0.15) is 0 Å². The smallest absolute Gasteiger partial charge is 0.252 e. The van der Waals surface area contributed by atoms with Gasteiger partial charge < -0.3 is 9.80 Å². The summed E-state index contributed by atoms with van der Waals surface area (Å²) in [5, 5.41) is 0. The van der Waals surface area contributed by atoms with Crippen LogP contribution in [0.5, 0.6) is 0 Å². The summed E-state index contributed by atoms with van der Waals surface area (Å²) >= 11 is 0. The highest BCUT2D eigenvalue weighted by molar-refractivity contribution is 7.00. The van der Waals surface area contributed by atoms with Crippen LogP contribution in [0.3, 0.4) is 0 Å². The molecule has 0 aromatic heterocycles. The number of anilines is 6. The molecule has 14 rings (SSSR count). The summed E-state index contributed by atoms with van der Waals surface area (Å²) in [5.41, 5.74) is 2.20. The molecule has 0 atom stereocenters. The summed E-state index contributed by atoms with van der Waals surface area (Å²) in [5.74, 6) is 0. The highest BCUT2D eigenvalue weighted by atomic mass is 15.2.